The molecule has 82 valence electrons. The SMILES string of the molecule is CCC1CN(CC=CCS)CCN1C. The molecular formula is C11H22N2S. The quantitative estimate of drug-likeness (QED) is 0.560. The molecule has 1 unspecified atom stereocenters. The molecule has 2 nitrogen and oxygen atoms in total. The number of piperazine rings is 1. The van der Waals surface area contributed by atoms with Gasteiger partial charge in [-0.2, -0.15) is 12.6 Å². The largest absolute Gasteiger partial charge is 0.301 e. The summed E-state index contributed by atoms with van der Waals surface area (Å²) in [6.07, 6.45) is 5.61. The Kier molecular flexibility index (Phi) is 5.60. The molecule has 0 aromatic rings. The van der Waals surface area contributed by atoms with E-state index in [-0.39, 0.29) is 0 Å². The molecule has 0 spiro atoms. The fourth-order valence-electron chi connectivity index (χ4n) is 1.92. The van der Waals surface area contributed by atoms with E-state index < -0.39 is 0 Å². The first-order valence-electron chi connectivity index (χ1n) is 5.46. The van der Waals surface area contributed by atoms with Gasteiger partial charge in [0.1, 0.15) is 0 Å². The summed E-state index contributed by atoms with van der Waals surface area (Å²) in [5.74, 6) is 0.852. The highest BCUT2D eigenvalue weighted by Gasteiger charge is 2.21. The normalized spacial score (nSPS) is 26.1. The lowest BCUT2D eigenvalue weighted by Gasteiger charge is -2.38. The lowest BCUT2D eigenvalue weighted by Crippen LogP contribution is -2.50. The molecule has 1 heterocycles. The molecule has 0 saturated carbocycles. The van der Waals surface area contributed by atoms with E-state index in [9.17, 15) is 0 Å². The number of likely N-dealkylation sites (N-methyl/N-ethyl adjacent to an activating group) is 1. The average Bonchev–Trinajstić information content (AvgIpc) is 2.21. The minimum absolute atomic E-state index is 0.744. The van der Waals surface area contributed by atoms with Gasteiger partial charge in [-0.15, -0.1) is 0 Å². The fourth-order valence-corrected chi connectivity index (χ4v) is 2.06. The van der Waals surface area contributed by atoms with Crippen LogP contribution in [0, 0.1) is 0 Å². The number of thiol groups is 1. The van der Waals surface area contributed by atoms with Crippen LogP contribution in [0.3, 0.4) is 0 Å². The molecule has 0 aromatic heterocycles. The molecule has 1 rings (SSSR count). The Morgan fingerprint density at radius 3 is 2.79 bits per heavy atom. The number of rotatable bonds is 4. The third kappa shape index (κ3) is 3.64. The van der Waals surface area contributed by atoms with E-state index in [1.54, 1.807) is 0 Å². The van der Waals surface area contributed by atoms with Crippen LogP contribution < -0.4 is 0 Å². The average molecular weight is 214 g/mol. The van der Waals surface area contributed by atoms with Crippen LogP contribution in [-0.2, 0) is 0 Å². The molecule has 1 aliphatic rings. The molecule has 0 amide bonds. The van der Waals surface area contributed by atoms with E-state index >= 15 is 0 Å². The van der Waals surface area contributed by atoms with E-state index in [1.807, 2.05) is 0 Å². The second-order valence-corrected chi connectivity index (χ2v) is 4.32. The van der Waals surface area contributed by atoms with Gasteiger partial charge in [-0.1, -0.05) is 19.1 Å². The Morgan fingerprint density at radius 2 is 2.14 bits per heavy atom. The fraction of sp³-hybridized carbons (Fsp3) is 0.818. The summed E-state index contributed by atoms with van der Waals surface area (Å²) >= 11 is 4.16. The van der Waals surface area contributed by atoms with Crippen LogP contribution >= 0.6 is 12.6 Å². The van der Waals surface area contributed by atoms with Crippen molar-refractivity contribution in [3.05, 3.63) is 12.2 Å². The highest BCUT2D eigenvalue weighted by molar-refractivity contribution is 7.80. The molecular weight excluding hydrogens is 192 g/mol. The highest BCUT2D eigenvalue weighted by atomic mass is 32.1. The zero-order chi connectivity index (χ0) is 10.4. The zero-order valence-electron chi connectivity index (χ0n) is 9.32. The third-order valence-corrected chi connectivity index (χ3v) is 3.18. The van der Waals surface area contributed by atoms with Gasteiger partial charge in [0.2, 0.25) is 0 Å². The highest BCUT2D eigenvalue weighted by Crippen LogP contribution is 2.10. The molecule has 1 saturated heterocycles. The molecule has 1 aliphatic heterocycles. The maximum absolute atomic E-state index is 4.16. The van der Waals surface area contributed by atoms with Crippen molar-refractivity contribution in [2.75, 3.05) is 39.0 Å². The first-order valence-corrected chi connectivity index (χ1v) is 6.09. The summed E-state index contributed by atoms with van der Waals surface area (Å²) in [5, 5.41) is 0. The van der Waals surface area contributed by atoms with Crippen molar-refractivity contribution < 1.29 is 0 Å². The predicted octanol–water partition coefficient (Wildman–Crippen LogP) is 1.50. The lowest BCUT2D eigenvalue weighted by molar-refractivity contribution is 0.102. The first-order chi connectivity index (χ1) is 6.77. The monoisotopic (exact) mass is 214 g/mol. The van der Waals surface area contributed by atoms with E-state index in [1.165, 1.54) is 26.1 Å². The van der Waals surface area contributed by atoms with Gasteiger partial charge >= 0.3 is 0 Å². The predicted molar refractivity (Wildman–Crippen MR) is 66.1 cm³/mol. The maximum Gasteiger partial charge on any atom is 0.0218 e. The van der Waals surface area contributed by atoms with Gasteiger partial charge in [0.15, 0.2) is 0 Å². The molecule has 3 heteroatoms. The summed E-state index contributed by atoms with van der Waals surface area (Å²) in [6, 6.07) is 0.744. The van der Waals surface area contributed by atoms with Crippen molar-refractivity contribution in [2.45, 2.75) is 19.4 Å². The Morgan fingerprint density at radius 1 is 1.36 bits per heavy atom. The Balaban J connectivity index is 2.31. The molecule has 0 aliphatic carbocycles. The van der Waals surface area contributed by atoms with E-state index in [0.717, 1.165) is 18.3 Å². The van der Waals surface area contributed by atoms with E-state index in [0.29, 0.717) is 0 Å². The van der Waals surface area contributed by atoms with Crippen molar-refractivity contribution in [1.82, 2.24) is 9.80 Å². The third-order valence-electron chi connectivity index (χ3n) is 2.97. The first kappa shape index (κ1) is 12.1. The smallest absolute Gasteiger partial charge is 0.0218 e. The minimum atomic E-state index is 0.744. The van der Waals surface area contributed by atoms with Crippen LogP contribution in [0.5, 0.6) is 0 Å². The Bertz CT molecular complexity index is 182. The lowest BCUT2D eigenvalue weighted by atomic mass is 10.1. The van der Waals surface area contributed by atoms with Gasteiger partial charge < -0.3 is 4.90 Å². The second-order valence-electron chi connectivity index (χ2n) is 3.96. The second kappa shape index (κ2) is 6.49. The Hall–Kier alpha value is 0.01000. The van der Waals surface area contributed by atoms with Gasteiger partial charge in [-0.05, 0) is 13.5 Å². The minimum Gasteiger partial charge on any atom is -0.301 e. The van der Waals surface area contributed by atoms with Crippen molar-refractivity contribution >= 4 is 12.6 Å². The van der Waals surface area contributed by atoms with Gasteiger partial charge in [0.05, 0.1) is 0 Å². The summed E-state index contributed by atoms with van der Waals surface area (Å²) < 4.78 is 0. The van der Waals surface area contributed by atoms with Crippen molar-refractivity contribution in [2.24, 2.45) is 0 Å². The van der Waals surface area contributed by atoms with E-state index in [2.05, 4.69) is 48.6 Å². The standard InChI is InChI=1S/C11H22N2S/c1-3-11-10-13(6-4-5-9-14)8-7-12(11)2/h4-5,11,14H,3,6-10H2,1-2H3. The maximum atomic E-state index is 4.16. The van der Waals surface area contributed by atoms with Crippen LogP contribution in [0.15, 0.2) is 12.2 Å². The van der Waals surface area contributed by atoms with Crippen LogP contribution in [0.25, 0.3) is 0 Å². The van der Waals surface area contributed by atoms with Gasteiger partial charge in [-0.3, -0.25) is 4.90 Å². The molecule has 0 radical (unpaired) electrons. The molecule has 0 bridgehead atoms. The molecule has 14 heavy (non-hydrogen) atoms. The number of hydrogen-bond donors (Lipinski definition) is 1. The van der Waals surface area contributed by atoms with Gasteiger partial charge in [0.25, 0.3) is 0 Å². The van der Waals surface area contributed by atoms with Gasteiger partial charge in [-0.25, -0.2) is 0 Å². The molecule has 1 fully saturated rings. The summed E-state index contributed by atoms with van der Waals surface area (Å²) in [7, 11) is 2.23. The number of nitrogens with zero attached hydrogens (tertiary/aromatic N) is 2. The zero-order valence-corrected chi connectivity index (χ0v) is 10.2. The van der Waals surface area contributed by atoms with Crippen LogP contribution in [0.2, 0.25) is 0 Å². The summed E-state index contributed by atoms with van der Waals surface area (Å²) in [5.41, 5.74) is 0. The molecule has 0 N–H and O–H groups in total. The molecule has 0 aromatic carbocycles. The van der Waals surface area contributed by atoms with Crippen LogP contribution in [0.4, 0.5) is 0 Å². The van der Waals surface area contributed by atoms with Crippen molar-refractivity contribution in [3.63, 3.8) is 0 Å². The molecule has 1 atom stereocenters. The summed E-state index contributed by atoms with van der Waals surface area (Å²) in [4.78, 5) is 4.99. The Labute approximate surface area is 93.4 Å². The van der Waals surface area contributed by atoms with Crippen molar-refractivity contribution in [3.8, 4) is 0 Å². The van der Waals surface area contributed by atoms with Gasteiger partial charge in [0, 0.05) is 38.0 Å². The van der Waals surface area contributed by atoms with E-state index in [4.69, 9.17) is 0 Å². The topological polar surface area (TPSA) is 6.48 Å². The summed E-state index contributed by atoms with van der Waals surface area (Å²) in [6.45, 7) is 6.97. The van der Waals surface area contributed by atoms with Crippen molar-refractivity contribution in [1.29, 1.82) is 0 Å². The van der Waals surface area contributed by atoms with Crippen LogP contribution in [0.1, 0.15) is 13.3 Å². The van der Waals surface area contributed by atoms with Crippen LogP contribution in [-0.4, -0.2) is 54.8 Å². The number of hydrogen-bond acceptors (Lipinski definition) is 3.